The molecule has 0 aliphatic heterocycles. The van der Waals surface area contributed by atoms with E-state index in [-0.39, 0.29) is 12.6 Å². The molecule has 0 spiro atoms. The zero-order chi connectivity index (χ0) is 15.4. The minimum absolute atomic E-state index is 0.0503. The summed E-state index contributed by atoms with van der Waals surface area (Å²) in [6.07, 6.45) is 0. The summed E-state index contributed by atoms with van der Waals surface area (Å²) in [5.74, 6) is -0.114. The molecule has 0 saturated heterocycles. The molecule has 0 radical (unpaired) electrons. The van der Waals surface area contributed by atoms with Crippen LogP contribution in [0.15, 0.2) is 33.2 Å². The van der Waals surface area contributed by atoms with E-state index < -0.39 is 5.97 Å². The zero-order valence-electron chi connectivity index (χ0n) is 12.0. The molecule has 2 rings (SSSR count). The largest absolute Gasteiger partial charge is 0.480 e. The van der Waals surface area contributed by atoms with Crippen LogP contribution < -0.4 is 0 Å². The standard InChI is InChI=1S/C15H18BrNO4/c1-10(17(5-6-20-2)9-15(18)19)14-8-11-7-12(16)3-4-13(11)21-14/h3-4,7-8,10H,5-6,9H2,1-2H3,(H,18,19). The fourth-order valence-corrected chi connectivity index (χ4v) is 2.59. The van der Waals surface area contributed by atoms with Crippen molar-refractivity contribution in [2.75, 3.05) is 26.8 Å². The van der Waals surface area contributed by atoms with E-state index in [0.717, 1.165) is 21.2 Å². The Morgan fingerprint density at radius 2 is 2.24 bits per heavy atom. The van der Waals surface area contributed by atoms with Crippen molar-refractivity contribution in [3.63, 3.8) is 0 Å². The average molecular weight is 356 g/mol. The van der Waals surface area contributed by atoms with Gasteiger partial charge < -0.3 is 14.3 Å². The summed E-state index contributed by atoms with van der Waals surface area (Å²) in [4.78, 5) is 12.8. The van der Waals surface area contributed by atoms with Gasteiger partial charge in [-0.3, -0.25) is 9.69 Å². The Kier molecular flexibility index (Phi) is 5.39. The summed E-state index contributed by atoms with van der Waals surface area (Å²) < 4.78 is 11.9. The molecule has 0 aliphatic rings. The molecule has 1 N–H and O–H groups in total. The van der Waals surface area contributed by atoms with E-state index in [0.29, 0.717) is 13.2 Å². The molecule has 2 aromatic rings. The predicted octanol–water partition coefficient (Wildman–Crippen LogP) is 3.29. The normalized spacial score (nSPS) is 13.0. The van der Waals surface area contributed by atoms with E-state index in [1.165, 1.54) is 0 Å². The summed E-state index contributed by atoms with van der Waals surface area (Å²) in [6, 6.07) is 7.60. The number of benzene rings is 1. The number of halogens is 1. The van der Waals surface area contributed by atoms with Crippen molar-refractivity contribution in [3.05, 3.63) is 34.5 Å². The van der Waals surface area contributed by atoms with Crippen molar-refractivity contribution in [3.8, 4) is 0 Å². The monoisotopic (exact) mass is 355 g/mol. The van der Waals surface area contributed by atoms with Crippen LogP contribution in [0.5, 0.6) is 0 Å². The number of methoxy groups -OCH3 is 1. The molecule has 1 aromatic heterocycles. The lowest BCUT2D eigenvalue weighted by molar-refractivity contribution is -0.139. The summed E-state index contributed by atoms with van der Waals surface area (Å²) in [5, 5.41) is 10.0. The van der Waals surface area contributed by atoms with Crippen LogP contribution in [-0.4, -0.2) is 42.8 Å². The van der Waals surface area contributed by atoms with E-state index in [1.807, 2.05) is 36.1 Å². The topological polar surface area (TPSA) is 62.9 Å². The van der Waals surface area contributed by atoms with Gasteiger partial charge in [0, 0.05) is 23.5 Å². The quantitative estimate of drug-likeness (QED) is 0.825. The number of carboxylic acid groups (broad SMARTS) is 1. The number of carboxylic acids is 1. The first-order valence-electron chi connectivity index (χ1n) is 6.65. The minimum atomic E-state index is -0.864. The van der Waals surface area contributed by atoms with Gasteiger partial charge in [-0.25, -0.2) is 0 Å². The molecule has 0 saturated carbocycles. The number of nitrogens with zero attached hydrogens (tertiary/aromatic N) is 1. The van der Waals surface area contributed by atoms with Gasteiger partial charge >= 0.3 is 5.97 Å². The molecule has 114 valence electrons. The van der Waals surface area contributed by atoms with Gasteiger partial charge in [0.1, 0.15) is 11.3 Å². The number of furan rings is 1. The lowest BCUT2D eigenvalue weighted by atomic mass is 10.2. The van der Waals surface area contributed by atoms with Gasteiger partial charge in [-0.15, -0.1) is 0 Å². The third-order valence-electron chi connectivity index (χ3n) is 3.38. The van der Waals surface area contributed by atoms with E-state index in [4.69, 9.17) is 14.3 Å². The summed E-state index contributed by atoms with van der Waals surface area (Å²) >= 11 is 3.43. The van der Waals surface area contributed by atoms with E-state index in [1.54, 1.807) is 7.11 Å². The fraction of sp³-hybridized carbons (Fsp3) is 0.400. The van der Waals surface area contributed by atoms with Gasteiger partial charge in [0.15, 0.2) is 0 Å². The van der Waals surface area contributed by atoms with Crippen molar-refractivity contribution in [1.29, 1.82) is 0 Å². The molecular weight excluding hydrogens is 338 g/mol. The Labute approximate surface area is 131 Å². The maximum atomic E-state index is 11.0. The van der Waals surface area contributed by atoms with Crippen molar-refractivity contribution < 1.29 is 19.1 Å². The van der Waals surface area contributed by atoms with Gasteiger partial charge in [-0.1, -0.05) is 15.9 Å². The number of fused-ring (bicyclic) bond motifs is 1. The Hall–Kier alpha value is -1.37. The lowest BCUT2D eigenvalue weighted by Gasteiger charge is -2.25. The molecule has 0 amide bonds. The molecule has 0 fully saturated rings. The van der Waals surface area contributed by atoms with Gasteiger partial charge in [0.2, 0.25) is 0 Å². The number of ether oxygens (including phenoxy) is 1. The third kappa shape index (κ3) is 4.06. The maximum Gasteiger partial charge on any atom is 0.317 e. The Bertz CT molecular complexity index is 625. The van der Waals surface area contributed by atoms with Crippen LogP contribution in [0.1, 0.15) is 18.7 Å². The second kappa shape index (κ2) is 7.06. The highest BCUT2D eigenvalue weighted by Crippen LogP contribution is 2.29. The number of hydrogen-bond donors (Lipinski definition) is 1. The molecule has 0 bridgehead atoms. The Morgan fingerprint density at radius 3 is 2.90 bits per heavy atom. The van der Waals surface area contributed by atoms with Crippen LogP contribution in [0.25, 0.3) is 11.0 Å². The molecular formula is C15H18BrNO4. The second-order valence-corrected chi connectivity index (χ2v) is 5.78. The van der Waals surface area contributed by atoms with Crippen molar-refractivity contribution >= 4 is 32.9 Å². The summed E-state index contributed by atoms with van der Waals surface area (Å²) in [6.45, 7) is 2.89. The van der Waals surface area contributed by atoms with Crippen LogP contribution in [0.4, 0.5) is 0 Å². The van der Waals surface area contributed by atoms with E-state index in [9.17, 15) is 4.79 Å². The highest BCUT2D eigenvalue weighted by Gasteiger charge is 2.21. The first kappa shape index (κ1) is 16.0. The zero-order valence-corrected chi connectivity index (χ0v) is 13.6. The van der Waals surface area contributed by atoms with Crippen LogP contribution in [0, 0.1) is 0 Å². The number of hydrogen-bond acceptors (Lipinski definition) is 4. The van der Waals surface area contributed by atoms with Gasteiger partial charge in [-0.2, -0.15) is 0 Å². The highest BCUT2D eigenvalue weighted by molar-refractivity contribution is 9.10. The number of carbonyl (C=O) groups is 1. The second-order valence-electron chi connectivity index (χ2n) is 4.86. The molecule has 21 heavy (non-hydrogen) atoms. The van der Waals surface area contributed by atoms with Crippen LogP contribution in [-0.2, 0) is 9.53 Å². The fourth-order valence-electron chi connectivity index (χ4n) is 2.21. The number of aliphatic carboxylic acids is 1. The van der Waals surface area contributed by atoms with Gasteiger partial charge in [0.05, 0.1) is 19.2 Å². The van der Waals surface area contributed by atoms with Crippen LogP contribution in [0.3, 0.4) is 0 Å². The Balaban J connectivity index is 2.24. The molecule has 1 heterocycles. The summed E-state index contributed by atoms with van der Waals surface area (Å²) in [5.41, 5.74) is 0.794. The molecule has 1 unspecified atom stereocenters. The summed E-state index contributed by atoms with van der Waals surface area (Å²) in [7, 11) is 1.60. The van der Waals surface area contributed by atoms with Crippen molar-refractivity contribution in [2.45, 2.75) is 13.0 Å². The number of rotatable bonds is 7. The molecule has 0 aliphatic carbocycles. The Morgan fingerprint density at radius 1 is 1.48 bits per heavy atom. The smallest absolute Gasteiger partial charge is 0.317 e. The first-order chi connectivity index (χ1) is 10.0. The molecule has 5 nitrogen and oxygen atoms in total. The van der Waals surface area contributed by atoms with Crippen LogP contribution >= 0.6 is 15.9 Å². The molecule has 6 heteroatoms. The predicted molar refractivity (Wildman–Crippen MR) is 83.4 cm³/mol. The maximum absolute atomic E-state index is 11.0. The van der Waals surface area contributed by atoms with Gasteiger partial charge in [0.25, 0.3) is 0 Å². The minimum Gasteiger partial charge on any atom is -0.480 e. The average Bonchev–Trinajstić information content (AvgIpc) is 2.85. The molecule has 1 aromatic carbocycles. The third-order valence-corrected chi connectivity index (χ3v) is 3.87. The SMILES string of the molecule is COCCN(CC(=O)O)C(C)c1cc2cc(Br)ccc2o1. The molecule has 1 atom stereocenters. The van der Waals surface area contributed by atoms with Gasteiger partial charge in [-0.05, 0) is 31.2 Å². The van der Waals surface area contributed by atoms with Crippen LogP contribution in [0.2, 0.25) is 0 Å². The van der Waals surface area contributed by atoms with E-state index in [2.05, 4.69) is 15.9 Å². The first-order valence-corrected chi connectivity index (χ1v) is 7.44. The highest BCUT2D eigenvalue weighted by atomic mass is 79.9. The van der Waals surface area contributed by atoms with E-state index >= 15 is 0 Å². The van der Waals surface area contributed by atoms with Crippen molar-refractivity contribution in [2.24, 2.45) is 0 Å². The van der Waals surface area contributed by atoms with Crippen molar-refractivity contribution in [1.82, 2.24) is 4.90 Å². The lowest BCUT2D eigenvalue weighted by Crippen LogP contribution is -2.34.